The van der Waals surface area contributed by atoms with Crippen molar-refractivity contribution < 1.29 is 14.4 Å². The number of imide groups is 1. The fourth-order valence-corrected chi connectivity index (χ4v) is 5.66. The normalized spacial score (nSPS) is 20.8. The van der Waals surface area contributed by atoms with Crippen LogP contribution in [0, 0.1) is 11.8 Å². The predicted octanol–water partition coefficient (Wildman–Crippen LogP) is 4.80. The lowest BCUT2D eigenvalue weighted by atomic mass is 9.85. The lowest BCUT2D eigenvalue weighted by Gasteiger charge is -2.32. The zero-order valence-electron chi connectivity index (χ0n) is 19.5. The number of hydrogen-bond acceptors (Lipinski definition) is 4. The maximum atomic E-state index is 13.7. The monoisotopic (exact) mass is 473 g/mol. The molecule has 180 valence electrons. The Morgan fingerprint density at radius 3 is 2.03 bits per heavy atom. The molecule has 0 atom stereocenters. The summed E-state index contributed by atoms with van der Waals surface area (Å²) in [5, 5.41) is 3.66. The van der Waals surface area contributed by atoms with Crippen LogP contribution in [0.3, 0.4) is 0 Å². The van der Waals surface area contributed by atoms with Crippen LogP contribution in [0.2, 0.25) is 5.02 Å². The molecular weight excluding hydrogens is 438 g/mol. The van der Waals surface area contributed by atoms with E-state index in [2.05, 4.69) is 5.32 Å². The predicted molar refractivity (Wildman–Crippen MR) is 130 cm³/mol. The van der Waals surface area contributed by atoms with Gasteiger partial charge in [0.2, 0.25) is 11.8 Å². The molecule has 1 N–H and O–H groups in total. The number of carbonyl (C=O) groups excluding carboxylic acids is 3. The van der Waals surface area contributed by atoms with E-state index in [1.54, 1.807) is 18.2 Å². The smallest absolute Gasteiger partial charge is 0.253 e. The van der Waals surface area contributed by atoms with Gasteiger partial charge in [-0.05, 0) is 56.8 Å². The summed E-state index contributed by atoms with van der Waals surface area (Å²) in [6, 6.07) is 5.04. The Bertz CT molecular complexity index is 824. The molecule has 6 nitrogen and oxygen atoms in total. The topological polar surface area (TPSA) is 69.7 Å². The fourth-order valence-electron chi connectivity index (χ4n) is 5.46. The molecule has 3 aliphatic rings. The van der Waals surface area contributed by atoms with Gasteiger partial charge in [0, 0.05) is 37.0 Å². The van der Waals surface area contributed by atoms with Crippen molar-refractivity contribution in [3.8, 4) is 0 Å². The third-order valence-electron chi connectivity index (χ3n) is 7.41. The minimum Gasteiger partial charge on any atom is -0.337 e. The number of rotatable bonds is 4. The minimum atomic E-state index is -0.154. The van der Waals surface area contributed by atoms with Gasteiger partial charge < -0.3 is 10.2 Å². The second-order valence-corrected chi connectivity index (χ2v) is 10.2. The zero-order valence-corrected chi connectivity index (χ0v) is 20.2. The lowest BCUT2D eigenvalue weighted by Crippen LogP contribution is -2.45. The summed E-state index contributed by atoms with van der Waals surface area (Å²) in [7, 11) is 0. The van der Waals surface area contributed by atoms with Gasteiger partial charge in [-0.15, -0.1) is 0 Å². The van der Waals surface area contributed by atoms with Gasteiger partial charge in [0.25, 0.3) is 5.91 Å². The summed E-state index contributed by atoms with van der Waals surface area (Å²) in [6.45, 7) is 2.99. The van der Waals surface area contributed by atoms with Crippen LogP contribution in [0.15, 0.2) is 18.2 Å². The SMILES string of the molecule is O=C(c1ccc(Cl)c(N(C(=O)C2CCCCC2)C(=O)C2CCCCC2)c1)N1CCCNCC1. The van der Waals surface area contributed by atoms with Crippen LogP contribution in [-0.2, 0) is 9.59 Å². The summed E-state index contributed by atoms with van der Waals surface area (Å²) in [4.78, 5) is 43.9. The molecule has 3 amide bonds. The molecule has 0 radical (unpaired) electrons. The van der Waals surface area contributed by atoms with E-state index in [9.17, 15) is 14.4 Å². The molecule has 0 bridgehead atoms. The van der Waals surface area contributed by atoms with E-state index >= 15 is 0 Å². The third-order valence-corrected chi connectivity index (χ3v) is 7.73. The first-order chi connectivity index (χ1) is 16.1. The molecule has 0 spiro atoms. The molecule has 3 fully saturated rings. The Hall–Kier alpha value is -1.92. The van der Waals surface area contributed by atoms with Crippen molar-refractivity contribution in [2.45, 2.75) is 70.6 Å². The molecule has 1 aromatic carbocycles. The van der Waals surface area contributed by atoms with Gasteiger partial charge >= 0.3 is 0 Å². The number of benzene rings is 1. The first-order valence-corrected chi connectivity index (χ1v) is 13.1. The van der Waals surface area contributed by atoms with Crippen LogP contribution in [0.1, 0.15) is 81.0 Å². The van der Waals surface area contributed by atoms with Crippen LogP contribution >= 0.6 is 11.6 Å². The van der Waals surface area contributed by atoms with Crippen molar-refractivity contribution in [1.82, 2.24) is 10.2 Å². The zero-order chi connectivity index (χ0) is 23.2. The Morgan fingerprint density at radius 2 is 1.42 bits per heavy atom. The largest absolute Gasteiger partial charge is 0.337 e. The fraction of sp³-hybridized carbons (Fsp3) is 0.654. The van der Waals surface area contributed by atoms with E-state index in [1.807, 2.05) is 4.90 Å². The number of halogens is 1. The molecule has 2 aliphatic carbocycles. The number of hydrogen-bond donors (Lipinski definition) is 1. The average Bonchev–Trinajstić information content (AvgIpc) is 3.15. The summed E-state index contributed by atoms with van der Waals surface area (Å²) in [5.74, 6) is -0.671. The van der Waals surface area contributed by atoms with Crippen molar-refractivity contribution >= 4 is 35.0 Å². The van der Waals surface area contributed by atoms with Gasteiger partial charge in [-0.3, -0.25) is 14.4 Å². The number of nitrogens with one attached hydrogen (secondary N) is 1. The van der Waals surface area contributed by atoms with Crippen LogP contribution in [-0.4, -0.2) is 48.8 Å². The Labute approximate surface area is 202 Å². The van der Waals surface area contributed by atoms with Crippen LogP contribution in [0.25, 0.3) is 0 Å². The number of anilines is 1. The quantitative estimate of drug-likeness (QED) is 0.638. The molecule has 1 aliphatic heterocycles. The molecule has 0 unspecified atom stereocenters. The summed E-state index contributed by atoms with van der Waals surface area (Å²) in [6.07, 6.45) is 10.5. The van der Waals surface area contributed by atoms with Crippen molar-refractivity contribution in [3.63, 3.8) is 0 Å². The molecule has 0 aromatic heterocycles. The maximum Gasteiger partial charge on any atom is 0.253 e. The van der Waals surface area contributed by atoms with Gasteiger partial charge in [0.05, 0.1) is 10.7 Å². The average molecular weight is 474 g/mol. The lowest BCUT2D eigenvalue weighted by molar-refractivity contribution is -0.131. The second-order valence-electron chi connectivity index (χ2n) is 9.74. The molecule has 2 saturated carbocycles. The van der Waals surface area contributed by atoms with Gasteiger partial charge in [-0.25, -0.2) is 4.90 Å². The summed E-state index contributed by atoms with van der Waals surface area (Å²) in [5.41, 5.74) is 0.857. The summed E-state index contributed by atoms with van der Waals surface area (Å²) < 4.78 is 0. The molecular formula is C26H36ClN3O3. The third kappa shape index (κ3) is 5.78. The first kappa shape index (κ1) is 24.2. The Balaban J connectivity index is 1.66. The Kier molecular flexibility index (Phi) is 8.42. The van der Waals surface area contributed by atoms with E-state index in [0.717, 1.165) is 83.7 Å². The molecule has 1 heterocycles. The molecule has 33 heavy (non-hydrogen) atoms. The Morgan fingerprint density at radius 1 is 0.818 bits per heavy atom. The number of nitrogens with zero attached hydrogens (tertiary/aromatic N) is 2. The highest BCUT2D eigenvalue weighted by atomic mass is 35.5. The first-order valence-electron chi connectivity index (χ1n) is 12.7. The standard InChI is InChI=1S/C26H36ClN3O3/c27-22-13-12-21(24(31)29-16-7-14-28-15-17-29)18-23(22)30(25(32)19-8-3-1-4-9-19)26(33)20-10-5-2-6-11-20/h12-13,18-20,28H,1-11,14-17H2. The second kappa shape index (κ2) is 11.5. The van der Waals surface area contributed by atoms with Crippen molar-refractivity contribution in [3.05, 3.63) is 28.8 Å². The van der Waals surface area contributed by atoms with E-state index in [4.69, 9.17) is 11.6 Å². The highest BCUT2D eigenvalue weighted by molar-refractivity contribution is 6.35. The molecule has 4 rings (SSSR count). The molecule has 7 heteroatoms. The number of amides is 3. The van der Waals surface area contributed by atoms with Gasteiger partial charge in [0.1, 0.15) is 0 Å². The maximum absolute atomic E-state index is 13.7. The van der Waals surface area contributed by atoms with Gasteiger partial charge in [0.15, 0.2) is 0 Å². The minimum absolute atomic E-state index is 0.0770. The number of carbonyl (C=O) groups is 3. The van der Waals surface area contributed by atoms with E-state index in [0.29, 0.717) is 29.4 Å². The van der Waals surface area contributed by atoms with Gasteiger partial charge in [-0.1, -0.05) is 50.1 Å². The van der Waals surface area contributed by atoms with E-state index in [-0.39, 0.29) is 29.6 Å². The van der Waals surface area contributed by atoms with Crippen molar-refractivity contribution in [2.75, 3.05) is 31.1 Å². The van der Waals surface area contributed by atoms with Crippen LogP contribution in [0.5, 0.6) is 0 Å². The van der Waals surface area contributed by atoms with Crippen LogP contribution < -0.4 is 10.2 Å². The van der Waals surface area contributed by atoms with Crippen molar-refractivity contribution in [1.29, 1.82) is 0 Å². The molecule has 1 saturated heterocycles. The van der Waals surface area contributed by atoms with E-state index < -0.39 is 0 Å². The van der Waals surface area contributed by atoms with Crippen molar-refractivity contribution in [2.24, 2.45) is 11.8 Å². The van der Waals surface area contributed by atoms with E-state index in [1.165, 1.54) is 4.90 Å². The highest BCUT2D eigenvalue weighted by Crippen LogP contribution is 2.35. The highest BCUT2D eigenvalue weighted by Gasteiger charge is 2.36. The molecule has 1 aromatic rings. The van der Waals surface area contributed by atoms with Crippen LogP contribution in [0.4, 0.5) is 5.69 Å². The summed E-state index contributed by atoms with van der Waals surface area (Å²) >= 11 is 6.59. The van der Waals surface area contributed by atoms with Gasteiger partial charge in [-0.2, -0.15) is 0 Å².